The molecule has 1 aromatic rings. The van der Waals surface area contributed by atoms with Crippen molar-refractivity contribution in [3.05, 3.63) is 29.6 Å². The highest BCUT2D eigenvalue weighted by Gasteiger charge is 2.22. The van der Waals surface area contributed by atoms with E-state index in [1.165, 1.54) is 0 Å². The molecule has 0 saturated carbocycles. The predicted molar refractivity (Wildman–Crippen MR) is 75.8 cm³/mol. The van der Waals surface area contributed by atoms with Crippen molar-refractivity contribution >= 4 is 5.91 Å². The van der Waals surface area contributed by atoms with Crippen LogP contribution in [-0.2, 0) is 11.2 Å². The Morgan fingerprint density at radius 1 is 1.53 bits per heavy atom. The number of aryl methyl sites for hydroxylation is 1. The molecule has 1 heterocycles. The molecule has 0 bridgehead atoms. The Labute approximate surface area is 115 Å². The first kappa shape index (κ1) is 15.6. The lowest BCUT2D eigenvalue weighted by Crippen LogP contribution is -2.42. The van der Waals surface area contributed by atoms with Crippen LogP contribution in [0, 0.1) is 12.8 Å². The summed E-state index contributed by atoms with van der Waals surface area (Å²) < 4.78 is 0. The molecule has 4 nitrogen and oxygen atoms in total. The maximum atomic E-state index is 11.8. The molecule has 1 atom stereocenters. The van der Waals surface area contributed by atoms with Crippen LogP contribution in [0.5, 0.6) is 0 Å². The summed E-state index contributed by atoms with van der Waals surface area (Å²) in [7, 11) is 0. The maximum Gasteiger partial charge on any atom is 0.226 e. The molecule has 19 heavy (non-hydrogen) atoms. The maximum absolute atomic E-state index is 11.8. The third-order valence-corrected chi connectivity index (χ3v) is 2.96. The van der Waals surface area contributed by atoms with Crippen molar-refractivity contribution in [1.29, 1.82) is 0 Å². The molecule has 0 radical (unpaired) electrons. The normalized spacial score (nSPS) is 14.2. The Balaban J connectivity index is 2.46. The zero-order valence-electron chi connectivity index (χ0n) is 12.2. The fourth-order valence-electron chi connectivity index (χ4n) is 2.16. The summed E-state index contributed by atoms with van der Waals surface area (Å²) >= 11 is 0. The van der Waals surface area contributed by atoms with Crippen LogP contribution in [-0.4, -0.2) is 28.1 Å². The van der Waals surface area contributed by atoms with E-state index in [0.717, 1.165) is 11.3 Å². The van der Waals surface area contributed by atoms with Crippen molar-refractivity contribution in [3.63, 3.8) is 0 Å². The van der Waals surface area contributed by atoms with Crippen molar-refractivity contribution in [2.45, 2.75) is 46.1 Å². The smallest absolute Gasteiger partial charge is 0.226 e. The lowest BCUT2D eigenvalue weighted by atomic mass is 9.94. The number of rotatable bonds is 6. The minimum absolute atomic E-state index is 0.106. The van der Waals surface area contributed by atoms with E-state index >= 15 is 0 Å². The number of aromatic nitrogens is 1. The van der Waals surface area contributed by atoms with Gasteiger partial charge in [0, 0.05) is 12.7 Å². The number of carbonyl (C=O) groups is 1. The topological polar surface area (TPSA) is 62.2 Å². The second-order valence-electron chi connectivity index (χ2n) is 5.82. The van der Waals surface area contributed by atoms with Crippen molar-refractivity contribution in [2.24, 2.45) is 5.92 Å². The molecule has 1 unspecified atom stereocenters. The molecule has 0 saturated heterocycles. The van der Waals surface area contributed by atoms with Gasteiger partial charge in [-0.25, -0.2) is 0 Å². The van der Waals surface area contributed by atoms with Gasteiger partial charge in [0.2, 0.25) is 5.91 Å². The third kappa shape index (κ3) is 5.83. The molecule has 0 aliphatic heterocycles. The largest absolute Gasteiger partial charge is 0.388 e. The molecule has 0 aliphatic rings. The minimum atomic E-state index is -0.858. The molecule has 0 aliphatic carbocycles. The highest BCUT2D eigenvalue weighted by molar-refractivity contribution is 5.78. The Hall–Kier alpha value is -1.42. The number of pyridine rings is 1. The Morgan fingerprint density at radius 2 is 2.21 bits per heavy atom. The second kappa shape index (κ2) is 6.66. The summed E-state index contributed by atoms with van der Waals surface area (Å²) in [5.41, 5.74) is 0.929. The van der Waals surface area contributed by atoms with E-state index in [-0.39, 0.29) is 18.9 Å². The summed E-state index contributed by atoms with van der Waals surface area (Å²) in [6, 6.07) is 3.79. The highest BCUT2D eigenvalue weighted by Crippen LogP contribution is 2.15. The number of nitrogens with one attached hydrogen (secondary N) is 1. The van der Waals surface area contributed by atoms with Gasteiger partial charge in [0.25, 0.3) is 0 Å². The average molecular weight is 264 g/mol. The first-order chi connectivity index (χ1) is 8.80. The minimum Gasteiger partial charge on any atom is -0.388 e. The van der Waals surface area contributed by atoms with Gasteiger partial charge in [-0.2, -0.15) is 0 Å². The summed E-state index contributed by atoms with van der Waals surface area (Å²) in [5, 5.41) is 12.9. The van der Waals surface area contributed by atoms with Crippen molar-refractivity contribution in [1.82, 2.24) is 10.3 Å². The van der Waals surface area contributed by atoms with Gasteiger partial charge in [0.05, 0.1) is 17.7 Å². The quantitative estimate of drug-likeness (QED) is 0.824. The summed E-state index contributed by atoms with van der Waals surface area (Å²) in [6.07, 6.45) is 2.60. The molecule has 1 aromatic heterocycles. The van der Waals surface area contributed by atoms with Gasteiger partial charge in [-0.3, -0.25) is 9.78 Å². The fraction of sp³-hybridized carbons (Fsp3) is 0.600. The first-order valence-electron chi connectivity index (χ1n) is 6.70. The third-order valence-electron chi connectivity index (χ3n) is 2.96. The van der Waals surface area contributed by atoms with E-state index in [1.807, 2.05) is 32.9 Å². The number of hydrogen-bond acceptors (Lipinski definition) is 3. The van der Waals surface area contributed by atoms with Gasteiger partial charge < -0.3 is 10.4 Å². The average Bonchev–Trinajstić information content (AvgIpc) is 2.28. The van der Waals surface area contributed by atoms with Gasteiger partial charge in [0.15, 0.2) is 0 Å². The molecule has 0 spiro atoms. The molecule has 0 fully saturated rings. The summed E-state index contributed by atoms with van der Waals surface area (Å²) in [5.74, 6) is 0.288. The van der Waals surface area contributed by atoms with Crippen LogP contribution in [0.25, 0.3) is 0 Å². The van der Waals surface area contributed by atoms with Gasteiger partial charge in [-0.05, 0) is 37.8 Å². The molecule has 0 aromatic carbocycles. The van der Waals surface area contributed by atoms with Crippen LogP contribution in [0.2, 0.25) is 0 Å². The Kier molecular flexibility index (Phi) is 5.48. The van der Waals surface area contributed by atoms with Crippen molar-refractivity contribution in [2.75, 3.05) is 6.54 Å². The molecule has 1 amide bonds. The van der Waals surface area contributed by atoms with E-state index in [2.05, 4.69) is 10.3 Å². The van der Waals surface area contributed by atoms with E-state index < -0.39 is 5.60 Å². The van der Waals surface area contributed by atoms with E-state index in [1.54, 1.807) is 13.1 Å². The number of hydrogen-bond donors (Lipinski definition) is 2. The van der Waals surface area contributed by atoms with Crippen LogP contribution in [0.1, 0.15) is 38.4 Å². The van der Waals surface area contributed by atoms with Gasteiger partial charge >= 0.3 is 0 Å². The second-order valence-corrected chi connectivity index (χ2v) is 5.82. The first-order valence-corrected chi connectivity index (χ1v) is 6.70. The van der Waals surface area contributed by atoms with Crippen LogP contribution < -0.4 is 5.32 Å². The standard InChI is InChI=1S/C15H24N2O2/c1-11(2)9-15(4,19)10-17-14(18)8-13-12(3)6-5-7-16-13/h5-7,11,19H,8-10H2,1-4H3,(H,17,18). The van der Waals surface area contributed by atoms with Gasteiger partial charge in [0.1, 0.15) is 0 Å². The number of carbonyl (C=O) groups excluding carboxylic acids is 1. The molecular weight excluding hydrogens is 240 g/mol. The van der Waals surface area contributed by atoms with Gasteiger partial charge in [-0.1, -0.05) is 19.9 Å². The van der Waals surface area contributed by atoms with Crippen LogP contribution in [0.3, 0.4) is 0 Å². The van der Waals surface area contributed by atoms with Gasteiger partial charge in [-0.15, -0.1) is 0 Å². The Bertz CT molecular complexity index is 428. The summed E-state index contributed by atoms with van der Waals surface area (Å²) in [4.78, 5) is 16.0. The van der Waals surface area contributed by atoms with Crippen molar-refractivity contribution in [3.8, 4) is 0 Å². The lowest BCUT2D eigenvalue weighted by molar-refractivity contribution is -0.121. The number of aliphatic hydroxyl groups is 1. The fourth-order valence-corrected chi connectivity index (χ4v) is 2.16. The van der Waals surface area contributed by atoms with E-state index in [0.29, 0.717) is 12.3 Å². The van der Waals surface area contributed by atoms with Crippen LogP contribution in [0.15, 0.2) is 18.3 Å². The van der Waals surface area contributed by atoms with Crippen LogP contribution >= 0.6 is 0 Å². The van der Waals surface area contributed by atoms with E-state index in [4.69, 9.17) is 0 Å². The number of nitrogens with zero attached hydrogens (tertiary/aromatic N) is 1. The number of amides is 1. The predicted octanol–water partition coefficient (Wildman–Crippen LogP) is 1.85. The zero-order valence-corrected chi connectivity index (χ0v) is 12.2. The lowest BCUT2D eigenvalue weighted by Gasteiger charge is -2.25. The molecule has 2 N–H and O–H groups in total. The summed E-state index contributed by atoms with van der Waals surface area (Å²) in [6.45, 7) is 8.06. The van der Waals surface area contributed by atoms with E-state index in [9.17, 15) is 9.90 Å². The Morgan fingerprint density at radius 3 is 2.79 bits per heavy atom. The SMILES string of the molecule is Cc1cccnc1CC(=O)NCC(C)(O)CC(C)C. The monoisotopic (exact) mass is 264 g/mol. The van der Waals surface area contributed by atoms with Crippen molar-refractivity contribution < 1.29 is 9.90 Å². The highest BCUT2D eigenvalue weighted by atomic mass is 16.3. The molecule has 4 heteroatoms. The molecular formula is C15H24N2O2. The van der Waals surface area contributed by atoms with Crippen LogP contribution in [0.4, 0.5) is 0 Å². The molecule has 106 valence electrons. The molecule has 1 rings (SSSR count). The zero-order chi connectivity index (χ0) is 14.5.